The van der Waals surface area contributed by atoms with Crippen molar-refractivity contribution < 1.29 is 4.79 Å². The van der Waals surface area contributed by atoms with Gasteiger partial charge in [0, 0.05) is 18.9 Å². The van der Waals surface area contributed by atoms with Crippen molar-refractivity contribution in [2.75, 3.05) is 19.6 Å². The molecule has 2 nitrogen and oxygen atoms in total. The molecule has 0 aromatic carbocycles. The molecule has 3 heteroatoms. The maximum atomic E-state index is 11.3. The monoisotopic (exact) mass is 203 g/mol. The van der Waals surface area contributed by atoms with Crippen molar-refractivity contribution >= 4 is 18.2 Å². The fourth-order valence-corrected chi connectivity index (χ4v) is 2.36. The normalized spacial score (nSPS) is 29.2. The fourth-order valence-electron chi connectivity index (χ4n) is 2.36. The van der Waals surface area contributed by atoms with Gasteiger partial charge in [0.15, 0.2) is 0 Å². The molecular formula is C10H18ClNO. The number of carbonyl (C=O) groups is 1. The molecule has 0 amide bonds. The van der Waals surface area contributed by atoms with Gasteiger partial charge in [0.25, 0.3) is 0 Å². The van der Waals surface area contributed by atoms with E-state index >= 15 is 0 Å². The van der Waals surface area contributed by atoms with Crippen LogP contribution in [0.15, 0.2) is 0 Å². The van der Waals surface area contributed by atoms with E-state index in [1.165, 1.54) is 25.9 Å². The molecular weight excluding hydrogens is 186 g/mol. The van der Waals surface area contributed by atoms with Crippen molar-refractivity contribution in [1.82, 2.24) is 4.90 Å². The Morgan fingerprint density at radius 2 is 1.92 bits per heavy atom. The van der Waals surface area contributed by atoms with E-state index in [-0.39, 0.29) is 12.4 Å². The van der Waals surface area contributed by atoms with Gasteiger partial charge in [0.1, 0.15) is 5.78 Å². The molecule has 1 aliphatic carbocycles. The number of likely N-dealkylation sites (tertiary alicyclic amines) is 1. The van der Waals surface area contributed by atoms with Crippen LogP contribution >= 0.6 is 12.4 Å². The number of hydrogen-bond donors (Lipinski definition) is 0. The van der Waals surface area contributed by atoms with Gasteiger partial charge in [0.2, 0.25) is 0 Å². The quantitative estimate of drug-likeness (QED) is 0.683. The first-order valence-corrected chi connectivity index (χ1v) is 5.11. The lowest BCUT2D eigenvalue weighted by molar-refractivity contribution is -0.121. The van der Waals surface area contributed by atoms with Crippen LogP contribution in [0.2, 0.25) is 0 Å². The largest absolute Gasteiger partial charge is 0.303 e. The van der Waals surface area contributed by atoms with Crippen LogP contribution in [0.4, 0.5) is 0 Å². The first kappa shape index (κ1) is 11.0. The number of ketones is 1. The van der Waals surface area contributed by atoms with Gasteiger partial charge in [-0.3, -0.25) is 4.79 Å². The summed E-state index contributed by atoms with van der Waals surface area (Å²) in [6, 6.07) is 0. The summed E-state index contributed by atoms with van der Waals surface area (Å²) < 4.78 is 0. The lowest BCUT2D eigenvalue weighted by atomic mass is 10.1. The van der Waals surface area contributed by atoms with Crippen LogP contribution in [0.3, 0.4) is 0 Å². The molecule has 2 fully saturated rings. The number of hydrogen-bond acceptors (Lipinski definition) is 2. The average Bonchev–Trinajstić information content (AvgIpc) is 2.65. The zero-order valence-corrected chi connectivity index (χ0v) is 8.81. The standard InChI is InChI=1S/C10H17NO.ClH/c12-10-5-3-4-9(10)8-11-6-1-2-7-11;/h9H,1-8H2;1H. The Bertz CT molecular complexity index is 178. The van der Waals surface area contributed by atoms with E-state index in [0.717, 1.165) is 25.8 Å². The summed E-state index contributed by atoms with van der Waals surface area (Å²) in [7, 11) is 0. The molecule has 13 heavy (non-hydrogen) atoms. The lowest BCUT2D eigenvalue weighted by Crippen LogP contribution is -2.28. The van der Waals surface area contributed by atoms with Gasteiger partial charge in [-0.15, -0.1) is 12.4 Å². The van der Waals surface area contributed by atoms with Gasteiger partial charge < -0.3 is 4.90 Å². The van der Waals surface area contributed by atoms with Crippen LogP contribution in [-0.2, 0) is 4.79 Å². The molecule has 1 atom stereocenters. The van der Waals surface area contributed by atoms with Gasteiger partial charge in [-0.05, 0) is 38.8 Å². The number of carbonyl (C=O) groups excluding carboxylic acids is 1. The SMILES string of the molecule is Cl.O=C1CCCC1CN1CCCC1. The van der Waals surface area contributed by atoms with Gasteiger partial charge in [0.05, 0.1) is 0 Å². The van der Waals surface area contributed by atoms with E-state index in [1.807, 2.05) is 0 Å². The Morgan fingerprint density at radius 3 is 2.46 bits per heavy atom. The zero-order chi connectivity index (χ0) is 8.39. The van der Waals surface area contributed by atoms with Crippen LogP contribution in [-0.4, -0.2) is 30.3 Å². The summed E-state index contributed by atoms with van der Waals surface area (Å²) in [6.45, 7) is 3.51. The Hall–Kier alpha value is -0.0800. The fraction of sp³-hybridized carbons (Fsp3) is 0.900. The summed E-state index contributed by atoms with van der Waals surface area (Å²) in [4.78, 5) is 13.8. The highest BCUT2D eigenvalue weighted by molar-refractivity contribution is 5.85. The van der Waals surface area contributed by atoms with Crippen molar-refractivity contribution in [2.24, 2.45) is 5.92 Å². The van der Waals surface area contributed by atoms with Crippen molar-refractivity contribution in [2.45, 2.75) is 32.1 Å². The second-order valence-corrected chi connectivity index (χ2v) is 4.06. The first-order chi connectivity index (χ1) is 5.86. The molecule has 0 radical (unpaired) electrons. The van der Waals surface area contributed by atoms with Crippen LogP contribution < -0.4 is 0 Å². The summed E-state index contributed by atoms with van der Waals surface area (Å²) in [5.41, 5.74) is 0. The first-order valence-electron chi connectivity index (χ1n) is 5.11. The third-order valence-corrected chi connectivity index (χ3v) is 3.11. The third kappa shape index (κ3) is 2.68. The minimum atomic E-state index is 0. The molecule has 0 N–H and O–H groups in total. The minimum absolute atomic E-state index is 0. The molecule has 2 rings (SSSR count). The number of Topliss-reactive ketones (excluding diaryl/α,β-unsaturated/α-hetero) is 1. The molecule has 76 valence electrons. The molecule has 1 saturated heterocycles. The van der Waals surface area contributed by atoms with Crippen molar-refractivity contribution in [3.05, 3.63) is 0 Å². The van der Waals surface area contributed by atoms with E-state index in [1.54, 1.807) is 0 Å². The Labute approximate surface area is 86.1 Å². The smallest absolute Gasteiger partial charge is 0.137 e. The Kier molecular flexibility index (Phi) is 4.20. The predicted molar refractivity (Wildman–Crippen MR) is 55.3 cm³/mol. The van der Waals surface area contributed by atoms with Gasteiger partial charge >= 0.3 is 0 Å². The number of nitrogens with zero attached hydrogens (tertiary/aromatic N) is 1. The molecule has 0 bridgehead atoms. The maximum Gasteiger partial charge on any atom is 0.137 e. The topological polar surface area (TPSA) is 20.3 Å². The van der Waals surface area contributed by atoms with Crippen LogP contribution in [0.25, 0.3) is 0 Å². The molecule has 0 aromatic rings. The predicted octanol–water partition coefficient (Wildman–Crippen LogP) is 1.87. The lowest BCUT2D eigenvalue weighted by Gasteiger charge is -2.18. The van der Waals surface area contributed by atoms with Crippen LogP contribution in [0.5, 0.6) is 0 Å². The second-order valence-electron chi connectivity index (χ2n) is 4.06. The molecule has 1 unspecified atom stereocenters. The highest BCUT2D eigenvalue weighted by Gasteiger charge is 2.26. The number of halogens is 1. The summed E-state index contributed by atoms with van der Waals surface area (Å²) in [5, 5.41) is 0. The summed E-state index contributed by atoms with van der Waals surface area (Å²) in [6.07, 6.45) is 5.80. The Balaban J connectivity index is 0.000000845. The third-order valence-electron chi connectivity index (χ3n) is 3.11. The van der Waals surface area contributed by atoms with Crippen molar-refractivity contribution in [1.29, 1.82) is 0 Å². The van der Waals surface area contributed by atoms with Crippen LogP contribution in [0, 0.1) is 5.92 Å². The Morgan fingerprint density at radius 1 is 1.23 bits per heavy atom. The van der Waals surface area contributed by atoms with Gasteiger partial charge in [-0.2, -0.15) is 0 Å². The van der Waals surface area contributed by atoms with Gasteiger partial charge in [-0.25, -0.2) is 0 Å². The van der Waals surface area contributed by atoms with Crippen molar-refractivity contribution in [3.63, 3.8) is 0 Å². The highest BCUT2D eigenvalue weighted by atomic mass is 35.5. The minimum Gasteiger partial charge on any atom is -0.303 e. The maximum absolute atomic E-state index is 11.3. The zero-order valence-electron chi connectivity index (χ0n) is 8.00. The van der Waals surface area contributed by atoms with E-state index in [0.29, 0.717) is 11.7 Å². The van der Waals surface area contributed by atoms with E-state index in [2.05, 4.69) is 4.90 Å². The average molecular weight is 204 g/mol. The van der Waals surface area contributed by atoms with E-state index < -0.39 is 0 Å². The van der Waals surface area contributed by atoms with E-state index in [4.69, 9.17) is 0 Å². The molecule has 2 aliphatic rings. The molecule has 0 aromatic heterocycles. The number of rotatable bonds is 2. The summed E-state index contributed by atoms with van der Waals surface area (Å²) >= 11 is 0. The highest BCUT2D eigenvalue weighted by Crippen LogP contribution is 2.23. The molecule has 1 aliphatic heterocycles. The molecule has 1 saturated carbocycles. The van der Waals surface area contributed by atoms with Crippen molar-refractivity contribution in [3.8, 4) is 0 Å². The molecule has 0 spiro atoms. The van der Waals surface area contributed by atoms with E-state index in [9.17, 15) is 4.79 Å². The summed E-state index contributed by atoms with van der Waals surface area (Å²) in [5.74, 6) is 0.907. The molecule has 1 heterocycles. The van der Waals surface area contributed by atoms with Gasteiger partial charge in [-0.1, -0.05) is 0 Å². The van der Waals surface area contributed by atoms with Crippen LogP contribution in [0.1, 0.15) is 32.1 Å². The second kappa shape index (κ2) is 4.97.